The predicted octanol–water partition coefficient (Wildman–Crippen LogP) is 4.58. The SMILES string of the molecule is COc1cc(N2CCCCC2)ccc1/C=C1\SC(=Nc2ccccc2)NC1=O. The zero-order valence-corrected chi connectivity index (χ0v) is 16.7. The summed E-state index contributed by atoms with van der Waals surface area (Å²) in [7, 11) is 1.67. The third kappa shape index (κ3) is 4.22. The van der Waals surface area contributed by atoms with Crippen LogP contribution in [0.2, 0.25) is 0 Å². The van der Waals surface area contributed by atoms with Crippen molar-refractivity contribution < 1.29 is 9.53 Å². The van der Waals surface area contributed by atoms with Crippen molar-refractivity contribution in [3.05, 3.63) is 59.0 Å². The smallest absolute Gasteiger partial charge is 0.264 e. The number of hydrogen-bond acceptors (Lipinski definition) is 5. The molecule has 0 radical (unpaired) electrons. The van der Waals surface area contributed by atoms with Crippen LogP contribution in [0.1, 0.15) is 24.8 Å². The lowest BCUT2D eigenvalue weighted by atomic mass is 10.1. The zero-order chi connectivity index (χ0) is 19.3. The maximum Gasteiger partial charge on any atom is 0.264 e. The fourth-order valence-electron chi connectivity index (χ4n) is 3.41. The molecule has 2 aromatic rings. The second-order valence-corrected chi connectivity index (χ2v) is 7.82. The minimum atomic E-state index is -0.137. The Bertz CT molecular complexity index is 919. The van der Waals surface area contributed by atoms with Crippen LogP contribution in [0.5, 0.6) is 5.75 Å². The van der Waals surface area contributed by atoms with Crippen LogP contribution in [0.25, 0.3) is 6.08 Å². The molecule has 0 saturated carbocycles. The third-order valence-electron chi connectivity index (χ3n) is 4.86. The molecular formula is C22H23N3O2S. The molecule has 0 unspecified atom stereocenters. The first kappa shape index (κ1) is 18.6. The number of para-hydroxylation sites is 1. The number of methoxy groups -OCH3 is 1. The highest BCUT2D eigenvalue weighted by Crippen LogP contribution is 2.33. The fraction of sp³-hybridized carbons (Fsp3) is 0.273. The maximum absolute atomic E-state index is 12.4. The lowest BCUT2D eigenvalue weighted by Crippen LogP contribution is -2.29. The molecule has 2 heterocycles. The minimum Gasteiger partial charge on any atom is -0.496 e. The molecule has 0 spiro atoms. The molecule has 144 valence electrons. The Morgan fingerprint density at radius 1 is 1.11 bits per heavy atom. The second kappa shape index (κ2) is 8.52. The number of carbonyl (C=O) groups is 1. The van der Waals surface area contributed by atoms with Gasteiger partial charge in [0.15, 0.2) is 5.17 Å². The van der Waals surface area contributed by atoms with Crippen LogP contribution in [0.15, 0.2) is 58.4 Å². The second-order valence-electron chi connectivity index (χ2n) is 6.79. The maximum atomic E-state index is 12.4. The fourth-order valence-corrected chi connectivity index (χ4v) is 4.24. The van der Waals surface area contributed by atoms with E-state index in [9.17, 15) is 4.79 Å². The Morgan fingerprint density at radius 2 is 1.89 bits per heavy atom. The van der Waals surface area contributed by atoms with Crippen LogP contribution in [-0.2, 0) is 4.79 Å². The van der Waals surface area contributed by atoms with E-state index in [0.717, 1.165) is 30.1 Å². The third-order valence-corrected chi connectivity index (χ3v) is 5.77. The van der Waals surface area contributed by atoms with Gasteiger partial charge in [0, 0.05) is 30.4 Å². The van der Waals surface area contributed by atoms with Crippen molar-refractivity contribution in [2.24, 2.45) is 4.99 Å². The van der Waals surface area contributed by atoms with Gasteiger partial charge in [-0.15, -0.1) is 0 Å². The van der Waals surface area contributed by atoms with Crippen molar-refractivity contribution in [2.75, 3.05) is 25.1 Å². The Labute approximate surface area is 169 Å². The molecule has 2 aromatic carbocycles. The summed E-state index contributed by atoms with van der Waals surface area (Å²) in [5, 5.41) is 3.42. The number of piperidine rings is 1. The Hall–Kier alpha value is -2.73. The highest BCUT2D eigenvalue weighted by Gasteiger charge is 2.24. The molecule has 2 aliphatic rings. The molecule has 1 amide bonds. The summed E-state index contributed by atoms with van der Waals surface area (Å²) in [6.07, 6.45) is 5.63. The summed E-state index contributed by atoms with van der Waals surface area (Å²) in [5.74, 6) is 0.638. The Balaban J connectivity index is 1.56. The zero-order valence-electron chi connectivity index (χ0n) is 15.9. The molecule has 4 rings (SSSR count). The van der Waals surface area contributed by atoms with E-state index < -0.39 is 0 Å². The first-order valence-corrected chi connectivity index (χ1v) is 10.3. The standard InChI is InChI=1S/C22H23N3O2S/c1-27-19-15-18(25-12-6-3-7-13-25)11-10-16(19)14-20-21(26)24-22(28-20)23-17-8-4-2-5-9-17/h2,4-5,8-11,14-15H,3,6-7,12-13H2,1H3,(H,23,24,26)/b20-14-. The minimum absolute atomic E-state index is 0.137. The summed E-state index contributed by atoms with van der Waals surface area (Å²) in [6, 6.07) is 15.8. The van der Waals surface area contributed by atoms with Crippen LogP contribution in [-0.4, -0.2) is 31.3 Å². The first-order chi connectivity index (χ1) is 13.7. The molecule has 2 aliphatic heterocycles. The van der Waals surface area contributed by atoms with Crippen molar-refractivity contribution in [3.63, 3.8) is 0 Å². The van der Waals surface area contributed by atoms with Gasteiger partial charge < -0.3 is 15.0 Å². The molecule has 2 fully saturated rings. The summed E-state index contributed by atoms with van der Waals surface area (Å²) < 4.78 is 5.60. The van der Waals surface area contributed by atoms with E-state index in [1.165, 1.54) is 36.7 Å². The first-order valence-electron chi connectivity index (χ1n) is 9.50. The largest absolute Gasteiger partial charge is 0.496 e. The topological polar surface area (TPSA) is 53.9 Å². The van der Waals surface area contributed by atoms with Crippen LogP contribution in [0.4, 0.5) is 11.4 Å². The van der Waals surface area contributed by atoms with E-state index in [1.807, 2.05) is 42.5 Å². The molecule has 0 aliphatic carbocycles. The molecular weight excluding hydrogens is 370 g/mol. The molecule has 0 atom stereocenters. The van der Waals surface area contributed by atoms with Crippen LogP contribution in [0.3, 0.4) is 0 Å². The summed E-state index contributed by atoms with van der Waals surface area (Å²) in [6.45, 7) is 2.17. The number of ether oxygens (including phenoxy) is 1. The Kier molecular flexibility index (Phi) is 5.67. The van der Waals surface area contributed by atoms with E-state index in [2.05, 4.69) is 27.3 Å². The number of thioether (sulfide) groups is 1. The number of benzene rings is 2. The number of aliphatic imine (C=N–C) groups is 1. The van der Waals surface area contributed by atoms with Gasteiger partial charge in [-0.05, 0) is 61.4 Å². The quantitative estimate of drug-likeness (QED) is 0.773. The van der Waals surface area contributed by atoms with Crippen molar-refractivity contribution in [3.8, 4) is 5.75 Å². The van der Waals surface area contributed by atoms with Gasteiger partial charge in [0.25, 0.3) is 5.91 Å². The molecule has 0 bridgehead atoms. The van der Waals surface area contributed by atoms with Crippen LogP contribution in [0, 0.1) is 0 Å². The number of rotatable bonds is 4. The molecule has 28 heavy (non-hydrogen) atoms. The number of amidine groups is 1. The van der Waals surface area contributed by atoms with Gasteiger partial charge in [-0.1, -0.05) is 18.2 Å². The summed E-state index contributed by atoms with van der Waals surface area (Å²) >= 11 is 1.34. The van der Waals surface area contributed by atoms with Gasteiger partial charge in [-0.2, -0.15) is 0 Å². The molecule has 6 heteroatoms. The Morgan fingerprint density at radius 3 is 2.64 bits per heavy atom. The number of amides is 1. The van der Waals surface area contributed by atoms with E-state index in [4.69, 9.17) is 4.74 Å². The average molecular weight is 394 g/mol. The molecule has 1 N–H and O–H groups in total. The van der Waals surface area contributed by atoms with Crippen molar-refractivity contribution in [1.82, 2.24) is 5.32 Å². The lowest BCUT2D eigenvalue weighted by Gasteiger charge is -2.29. The van der Waals surface area contributed by atoms with Gasteiger partial charge in [0.2, 0.25) is 0 Å². The van der Waals surface area contributed by atoms with Crippen LogP contribution >= 0.6 is 11.8 Å². The van der Waals surface area contributed by atoms with Gasteiger partial charge in [0.1, 0.15) is 5.75 Å². The highest BCUT2D eigenvalue weighted by molar-refractivity contribution is 8.18. The lowest BCUT2D eigenvalue weighted by molar-refractivity contribution is -0.115. The van der Waals surface area contributed by atoms with Gasteiger partial charge >= 0.3 is 0 Å². The number of nitrogens with one attached hydrogen (secondary N) is 1. The predicted molar refractivity (Wildman–Crippen MR) is 116 cm³/mol. The van der Waals surface area contributed by atoms with Gasteiger partial charge in [0.05, 0.1) is 17.7 Å². The monoisotopic (exact) mass is 393 g/mol. The van der Waals surface area contributed by atoms with Crippen molar-refractivity contribution in [2.45, 2.75) is 19.3 Å². The molecule has 5 nitrogen and oxygen atoms in total. The summed E-state index contributed by atoms with van der Waals surface area (Å²) in [4.78, 5) is 19.9. The number of hydrogen-bond donors (Lipinski definition) is 1. The number of nitrogens with zero attached hydrogens (tertiary/aromatic N) is 2. The number of anilines is 1. The van der Waals surface area contributed by atoms with E-state index >= 15 is 0 Å². The van der Waals surface area contributed by atoms with E-state index in [0.29, 0.717) is 10.1 Å². The average Bonchev–Trinajstić information content (AvgIpc) is 3.08. The van der Waals surface area contributed by atoms with Crippen molar-refractivity contribution in [1.29, 1.82) is 0 Å². The van der Waals surface area contributed by atoms with E-state index in [1.54, 1.807) is 7.11 Å². The number of carbonyl (C=O) groups excluding carboxylic acids is 1. The van der Waals surface area contributed by atoms with Crippen LogP contribution < -0.4 is 15.0 Å². The van der Waals surface area contributed by atoms with Gasteiger partial charge in [-0.25, -0.2) is 4.99 Å². The molecule has 2 saturated heterocycles. The van der Waals surface area contributed by atoms with Gasteiger partial charge in [-0.3, -0.25) is 4.79 Å². The van der Waals surface area contributed by atoms with E-state index in [-0.39, 0.29) is 5.91 Å². The van der Waals surface area contributed by atoms with Crippen molar-refractivity contribution >= 4 is 40.3 Å². The normalized spacial score (nSPS) is 19.9. The molecule has 0 aromatic heterocycles. The summed E-state index contributed by atoms with van der Waals surface area (Å²) in [5.41, 5.74) is 2.88. The highest BCUT2D eigenvalue weighted by atomic mass is 32.2.